The second-order valence-electron chi connectivity index (χ2n) is 8.43. The second kappa shape index (κ2) is 11.1. The van der Waals surface area contributed by atoms with Crippen molar-refractivity contribution in [2.45, 2.75) is 44.1 Å². The van der Waals surface area contributed by atoms with Gasteiger partial charge in [0.15, 0.2) is 5.17 Å². The molecule has 4 heterocycles. The van der Waals surface area contributed by atoms with Crippen LogP contribution >= 0.6 is 23.1 Å². The summed E-state index contributed by atoms with van der Waals surface area (Å²) in [5.41, 5.74) is 1.39. The highest BCUT2D eigenvalue weighted by Crippen LogP contribution is 2.35. The third-order valence-corrected chi connectivity index (χ3v) is 8.09. The Balaban J connectivity index is 1.32. The minimum Gasteiger partial charge on any atom is -0.467 e. The third-order valence-electron chi connectivity index (χ3n) is 5.89. The number of carbonyl (C=O) groups is 3. The van der Waals surface area contributed by atoms with Crippen molar-refractivity contribution in [3.63, 3.8) is 0 Å². The number of carbonyl (C=O) groups excluding carboxylic acids is 3. The molecule has 9 nitrogen and oxygen atoms in total. The van der Waals surface area contributed by atoms with Crippen molar-refractivity contribution in [2.24, 2.45) is 9.98 Å². The average molecular weight is 536 g/mol. The molecule has 37 heavy (non-hydrogen) atoms. The van der Waals surface area contributed by atoms with Crippen LogP contribution in [0.1, 0.15) is 36.0 Å². The normalized spacial score (nSPS) is 16.9. The molecule has 5 rings (SSSR count). The van der Waals surface area contributed by atoms with E-state index in [1.165, 1.54) is 16.7 Å². The van der Waals surface area contributed by atoms with Gasteiger partial charge in [0.1, 0.15) is 17.6 Å². The van der Waals surface area contributed by atoms with E-state index in [9.17, 15) is 14.4 Å². The topological polar surface area (TPSA) is 116 Å². The molecule has 0 bridgehead atoms. The van der Waals surface area contributed by atoms with Gasteiger partial charge >= 0.3 is 0 Å². The Hall–Kier alpha value is -3.70. The summed E-state index contributed by atoms with van der Waals surface area (Å²) in [6.45, 7) is 2.59. The van der Waals surface area contributed by atoms with Gasteiger partial charge in [0.05, 0.1) is 36.7 Å². The maximum Gasteiger partial charge on any atom is 0.259 e. The molecule has 3 amide bonds. The van der Waals surface area contributed by atoms with Crippen molar-refractivity contribution < 1.29 is 18.8 Å². The summed E-state index contributed by atoms with van der Waals surface area (Å²) in [7, 11) is 0. The maximum atomic E-state index is 13.5. The predicted molar refractivity (Wildman–Crippen MR) is 144 cm³/mol. The number of thiophene rings is 1. The number of hydrogen-bond donors (Lipinski definition) is 2. The molecule has 11 heteroatoms. The first-order valence-corrected chi connectivity index (χ1v) is 13.6. The standard InChI is InChI=1S/C26H25N5O4S2/c1-2-21(24(33)28-14-16-7-5-11-35-16)37-26-30-19-10-4-3-9-18(19)23-29-20(25(34)31(23)26)13-22(32)27-15-17-8-6-12-36-17/h3-12,20-21H,2,13-15H2,1H3,(H,27,32)(H,28,33)/t20-,21-/m0/s1. The fraction of sp³-hybridized carbons (Fsp3) is 0.269. The zero-order chi connectivity index (χ0) is 25.8. The fourth-order valence-electron chi connectivity index (χ4n) is 4.01. The minimum atomic E-state index is -0.858. The van der Waals surface area contributed by atoms with Crippen LogP contribution in [-0.2, 0) is 27.5 Å². The molecule has 2 aromatic heterocycles. The van der Waals surface area contributed by atoms with Gasteiger partial charge in [-0.05, 0) is 42.1 Å². The van der Waals surface area contributed by atoms with Crippen molar-refractivity contribution in [1.82, 2.24) is 15.5 Å². The number of rotatable bonds is 9. The number of amidine groups is 2. The molecule has 0 unspecified atom stereocenters. The van der Waals surface area contributed by atoms with E-state index < -0.39 is 11.3 Å². The Morgan fingerprint density at radius 1 is 1.14 bits per heavy atom. The molecule has 1 aromatic carbocycles. The maximum absolute atomic E-state index is 13.5. The molecule has 0 saturated heterocycles. The number of hydrogen-bond acceptors (Lipinski definition) is 8. The number of nitrogens with zero attached hydrogens (tertiary/aromatic N) is 3. The van der Waals surface area contributed by atoms with Crippen molar-refractivity contribution in [2.75, 3.05) is 0 Å². The van der Waals surface area contributed by atoms with E-state index >= 15 is 0 Å². The van der Waals surface area contributed by atoms with Gasteiger partial charge in [-0.25, -0.2) is 9.89 Å². The van der Waals surface area contributed by atoms with E-state index in [-0.39, 0.29) is 30.7 Å². The number of nitrogens with one attached hydrogen (secondary N) is 2. The van der Waals surface area contributed by atoms with E-state index in [1.807, 2.05) is 48.7 Å². The van der Waals surface area contributed by atoms with Crippen LogP contribution < -0.4 is 10.6 Å². The first kappa shape index (κ1) is 25.0. The third kappa shape index (κ3) is 5.52. The Kier molecular flexibility index (Phi) is 7.52. The minimum absolute atomic E-state index is 0.0643. The van der Waals surface area contributed by atoms with Crippen molar-refractivity contribution in [1.29, 1.82) is 0 Å². The molecular weight excluding hydrogens is 510 g/mol. The second-order valence-corrected chi connectivity index (χ2v) is 10.6. The molecule has 2 aliphatic heterocycles. The number of furan rings is 1. The first-order valence-electron chi connectivity index (χ1n) is 11.9. The quantitative estimate of drug-likeness (QED) is 0.432. The summed E-state index contributed by atoms with van der Waals surface area (Å²) >= 11 is 2.77. The zero-order valence-electron chi connectivity index (χ0n) is 20.0. The number of para-hydroxylation sites is 1. The van der Waals surface area contributed by atoms with Crippen molar-refractivity contribution >= 4 is 57.5 Å². The van der Waals surface area contributed by atoms with Crippen LogP contribution in [-0.4, -0.2) is 44.9 Å². The van der Waals surface area contributed by atoms with Gasteiger partial charge in [0.25, 0.3) is 5.91 Å². The molecule has 0 radical (unpaired) electrons. The zero-order valence-corrected chi connectivity index (χ0v) is 21.7. The van der Waals surface area contributed by atoms with Crippen LogP contribution in [0.15, 0.2) is 74.6 Å². The summed E-state index contributed by atoms with van der Waals surface area (Å²) in [6.07, 6.45) is 2.02. The molecule has 2 N–H and O–H groups in total. The van der Waals surface area contributed by atoms with Gasteiger partial charge in [-0.1, -0.05) is 36.9 Å². The Morgan fingerprint density at radius 3 is 2.76 bits per heavy atom. The number of benzene rings is 1. The van der Waals surface area contributed by atoms with E-state index in [4.69, 9.17) is 9.41 Å². The lowest BCUT2D eigenvalue weighted by Crippen LogP contribution is -2.43. The van der Waals surface area contributed by atoms with E-state index in [1.54, 1.807) is 29.7 Å². The lowest BCUT2D eigenvalue weighted by molar-refractivity contribution is -0.128. The number of thioether (sulfide) groups is 1. The summed E-state index contributed by atoms with van der Waals surface area (Å²) in [5, 5.41) is 7.58. The highest BCUT2D eigenvalue weighted by atomic mass is 32.2. The summed E-state index contributed by atoms with van der Waals surface area (Å²) in [6, 6.07) is 14.0. The predicted octanol–water partition coefficient (Wildman–Crippen LogP) is 3.83. The van der Waals surface area contributed by atoms with Gasteiger partial charge in [0, 0.05) is 10.4 Å². The van der Waals surface area contributed by atoms with Crippen molar-refractivity contribution in [3.8, 4) is 0 Å². The summed E-state index contributed by atoms with van der Waals surface area (Å²) in [4.78, 5) is 50.9. The van der Waals surface area contributed by atoms with Gasteiger partial charge < -0.3 is 15.1 Å². The molecule has 2 atom stereocenters. The van der Waals surface area contributed by atoms with E-state index in [0.717, 1.165) is 10.4 Å². The van der Waals surface area contributed by atoms with Crippen molar-refractivity contribution in [3.05, 3.63) is 76.4 Å². The van der Waals surface area contributed by atoms with Crippen LogP contribution in [0.5, 0.6) is 0 Å². The average Bonchev–Trinajstić information content (AvgIpc) is 3.67. The SMILES string of the molecule is CC[C@H](SC1=Nc2ccccc2C2=N[C@@H](CC(=O)NCc3cccs3)C(=O)N12)C(=O)NCc1ccco1. The van der Waals surface area contributed by atoms with Crippen LogP contribution in [0.2, 0.25) is 0 Å². The van der Waals surface area contributed by atoms with Crippen LogP contribution in [0.3, 0.4) is 0 Å². The Morgan fingerprint density at radius 2 is 2.00 bits per heavy atom. The molecular formula is C26H25N5O4S2. The largest absolute Gasteiger partial charge is 0.467 e. The lowest BCUT2D eigenvalue weighted by Gasteiger charge is -2.27. The number of amides is 3. The monoisotopic (exact) mass is 535 g/mol. The highest BCUT2D eigenvalue weighted by Gasteiger charge is 2.43. The molecule has 0 spiro atoms. The highest BCUT2D eigenvalue weighted by molar-refractivity contribution is 8.15. The summed E-state index contributed by atoms with van der Waals surface area (Å²) < 4.78 is 5.29. The Labute approximate surface area is 222 Å². The van der Waals surface area contributed by atoms with Gasteiger partial charge in [0.2, 0.25) is 11.8 Å². The van der Waals surface area contributed by atoms with Crippen LogP contribution in [0, 0.1) is 0 Å². The lowest BCUT2D eigenvalue weighted by atomic mass is 10.1. The number of fused-ring (bicyclic) bond motifs is 3. The molecule has 3 aromatic rings. The van der Waals surface area contributed by atoms with Gasteiger partial charge in [-0.3, -0.25) is 19.4 Å². The van der Waals surface area contributed by atoms with Crippen LogP contribution in [0.4, 0.5) is 5.69 Å². The molecule has 2 aliphatic rings. The smallest absolute Gasteiger partial charge is 0.259 e. The van der Waals surface area contributed by atoms with E-state index in [2.05, 4.69) is 15.6 Å². The molecule has 190 valence electrons. The number of aliphatic imine (C=N–C) groups is 2. The Bertz CT molecular complexity index is 1350. The van der Waals surface area contributed by atoms with E-state index in [0.29, 0.717) is 35.4 Å². The molecule has 0 aliphatic carbocycles. The fourth-order valence-corrected chi connectivity index (χ4v) is 5.70. The molecule has 0 saturated carbocycles. The van der Waals surface area contributed by atoms with Gasteiger partial charge in [-0.15, -0.1) is 11.3 Å². The van der Waals surface area contributed by atoms with Crippen LogP contribution in [0.25, 0.3) is 0 Å². The summed E-state index contributed by atoms with van der Waals surface area (Å²) in [5.74, 6) is 0.355. The van der Waals surface area contributed by atoms with Gasteiger partial charge in [-0.2, -0.15) is 0 Å². The molecule has 0 fully saturated rings. The first-order chi connectivity index (χ1) is 18.0.